The fraction of sp³-hybridized carbons (Fsp3) is 0.562. The molecule has 6 heteroatoms. The number of nitro benzene ring substituents is 1. The molecule has 6 nitrogen and oxygen atoms in total. The third-order valence-electron chi connectivity index (χ3n) is 4.59. The van der Waals surface area contributed by atoms with Crippen LogP contribution in [-0.4, -0.2) is 40.5 Å². The Labute approximate surface area is 129 Å². The van der Waals surface area contributed by atoms with E-state index in [9.17, 15) is 20.0 Å². The zero-order valence-corrected chi connectivity index (χ0v) is 13.0. The Balaban J connectivity index is 2.09. The molecule has 0 aliphatic heterocycles. The molecule has 1 N–H and O–H groups in total. The summed E-state index contributed by atoms with van der Waals surface area (Å²) in [6.45, 7) is 1.93. The second-order valence-corrected chi connectivity index (χ2v) is 6.03. The number of non-ortho nitro benzene ring substituents is 1. The number of hydrogen-bond acceptors (Lipinski definition) is 4. The average molecular weight is 306 g/mol. The number of nitro groups is 1. The average Bonchev–Trinajstić information content (AvgIpc) is 2.53. The lowest BCUT2D eigenvalue weighted by molar-refractivity contribution is -0.384. The van der Waals surface area contributed by atoms with Crippen LogP contribution >= 0.6 is 0 Å². The lowest BCUT2D eigenvalue weighted by Gasteiger charge is -2.34. The third-order valence-corrected chi connectivity index (χ3v) is 4.59. The van der Waals surface area contributed by atoms with E-state index in [1.807, 2.05) is 0 Å². The lowest BCUT2D eigenvalue weighted by atomic mass is 9.86. The van der Waals surface area contributed by atoms with Crippen molar-refractivity contribution in [2.24, 2.45) is 5.92 Å². The van der Waals surface area contributed by atoms with Gasteiger partial charge in [-0.2, -0.15) is 0 Å². The topological polar surface area (TPSA) is 83.7 Å². The summed E-state index contributed by atoms with van der Waals surface area (Å²) in [4.78, 5) is 24.6. The van der Waals surface area contributed by atoms with Crippen LogP contribution in [0.1, 0.15) is 41.6 Å². The van der Waals surface area contributed by atoms with E-state index in [0.29, 0.717) is 17.0 Å². The SMILES string of the molecule is Cc1cc([N+](=O)[O-])ccc1C(=O)N(C)C1CCC(CO)CC1. The molecule has 0 unspecified atom stereocenters. The molecular formula is C16H22N2O4. The number of aliphatic hydroxyl groups excluding tert-OH is 1. The molecule has 2 rings (SSSR count). The summed E-state index contributed by atoms with van der Waals surface area (Å²) in [6.07, 6.45) is 3.63. The number of carbonyl (C=O) groups excluding carboxylic acids is 1. The highest BCUT2D eigenvalue weighted by molar-refractivity contribution is 5.96. The van der Waals surface area contributed by atoms with E-state index in [1.165, 1.54) is 18.2 Å². The van der Waals surface area contributed by atoms with Crippen LogP contribution < -0.4 is 0 Å². The van der Waals surface area contributed by atoms with Gasteiger partial charge in [-0.25, -0.2) is 0 Å². The molecule has 1 amide bonds. The highest BCUT2D eigenvalue weighted by Gasteiger charge is 2.27. The van der Waals surface area contributed by atoms with Gasteiger partial charge in [0.15, 0.2) is 0 Å². The summed E-state index contributed by atoms with van der Waals surface area (Å²) in [5.41, 5.74) is 1.13. The first-order valence-corrected chi connectivity index (χ1v) is 7.57. The van der Waals surface area contributed by atoms with Crippen LogP contribution in [0.5, 0.6) is 0 Å². The first-order valence-electron chi connectivity index (χ1n) is 7.57. The molecule has 120 valence electrons. The van der Waals surface area contributed by atoms with Gasteiger partial charge in [0.2, 0.25) is 0 Å². The number of hydrogen-bond donors (Lipinski definition) is 1. The van der Waals surface area contributed by atoms with Gasteiger partial charge in [-0.05, 0) is 50.2 Å². The normalized spacial score (nSPS) is 21.4. The van der Waals surface area contributed by atoms with Crippen LogP contribution in [0, 0.1) is 23.0 Å². The number of aryl methyl sites for hydroxylation is 1. The van der Waals surface area contributed by atoms with Crippen molar-refractivity contribution in [1.29, 1.82) is 0 Å². The van der Waals surface area contributed by atoms with Gasteiger partial charge in [-0.15, -0.1) is 0 Å². The largest absolute Gasteiger partial charge is 0.396 e. The van der Waals surface area contributed by atoms with E-state index < -0.39 is 4.92 Å². The number of benzene rings is 1. The molecule has 0 radical (unpaired) electrons. The van der Waals surface area contributed by atoms with Crippen molar-refractivity contribution in [2.45, 2.75) is 38.6 Å². The second-order valence-electron chi connectivity index (χ2n) is 6.03. The Kier molecular flexibility index (Phi) is 5.13. The van der Waals surface area contributed by atoms with E-state index in [4.69, 9.17) is 0 Å². The number of nitrogens with zero attached hydrogens (tertiary/aromatic N) is 2. The molecule has 1 fully saturated rings. The fourth-order valence-electron chi connectivity index (χ4n) is 3.07. The van der Waals surface area contributed by atoms with Crippen molar-refractivity contribution < 1.29 is 14.8 Å². The van der Waals surface area contributed by atoms with Crippen LogP contribution in [0.2, 0.25) is 0 Å². The monoisotopic (exact) mass is 306 g/mol. The van der Waals surface area contributed by atoms with Crippen molar-refractivity contribution in [3.05, 3.63) is 39.4 Å². The molecule has 0 heterocycles. The summed E-state index contributed by atoms with van der Waals surface area (Å²) in [5.74, 6) is 0.251. The van der Waals surface area contributed by atoms with Crippen LogP contribution in [0.25, 0.3) is 0 Å². The Bertz CT molecular complexity index is 565. The quantitative estimate of drug-likeness (QED) is 0.684. The molecule has 22 heavy (non-hydrogen) atoms. The Morgan fingerprint density at radius 3 is 2.50 bits per heavy atom. The van der Waals surface area contributed by atoms with Crippen molar-refractivity contribution in [1.82, 2.24) is 4.90 Å². The van der Waals surface area contributed by atoms with Crippen molar-refractivity contribution in [2.75, 3.05) is 13.7 Å². The second kappa shape index (κ2) is 6.87. The first-order chi connectivity index (χ1) is 10.4. The minimum Gasteiger partial charge on any atom is -0.396 e. The molecule has 1 saturated carbocycles. The lowest BCUT2D eigenvalue weighted by Crippen LogP contribution is -2.40. The van der Waals surface area contributed by atoms with Gasteiger partial charge in [0.05, 0.1) is 4.92 Å². The number of rotatable bonds is 4. The number of aliphatic hydroxyl groups is 1. The van der Waals surface area contributed by atoms with E-state index >= 15 is 0 Å². The van der Waals surface area contributed by atoms with Crippen LogP contribution in [0.15, 0.2) is 18.2 Å². The predicted octanol–water partition coefficient (Wildman–Crippen LogP) is 2.53. The molecule has 0 spiro atoms. The highest BCUT2D eigenvalue weighted by Crippen LogP contribution is 2.28. The van der Waals surface area contributed by atoms with E-state index in [1.54, 1.807) is 18.9 Å². The van der Waals surface area contributed by atoms with E-state index in [-0.39, 0.29) is 24.2 Å². The molecule has 1 aromatic rings. The Hall–Kier alpha value is -1.95. The summed E-state index contributed by atoms with van der Waals surface area (Å²) in [7, 11) is 1.78. The predicted molar refractivity (Wildman–Crippen MR) is 82.8 cm³/mol. The zero-order chi connectivity index (χ0) is 16.3. The summed E-state index contributed by atoms with van der Waals surface area (Å²) in [5, 5.41) is 19.9. The van der Waals surface area contributed by atoms with Gasteiger partial charge >= 0.3 is 0 Å². The first kappa shape index (κ1) is 16.4. The van der Waals surface area contributed by atoms with Gasteiger partial charge in [-0.3, -0.25) is 14.9 Å². The minimum atomic E-state index is -0.457. The highest BCUT2D eigenvalue weighted by atomic mass is 16.6. The van der Waals surface area contributed by atoms with Gasteiger partial charge in [0, 0.05) is 37.4 Å². The minimum absolute atomic E-state index is 0.000145. The van der Waals surface area contributed by atoms with Crippen LogP contribution in [0.4, 0.5) is 5.69 Å². The fourth-order valence-corrected chi connectivity index (χ4v) is 3.07. The van der Waals surface area contributed by atoms with Crippen molar-refractivity contribution in [3.63, 3.8) is 0 Å². The van der Waals surface area contributed by atoms with Crippen LogP contribution in [0.3, 0.4) is 0 Å². The van der Waals surface area contributed by atoms with Gasteiger partial charge in [0.1, 0.15) is 0 Å². The maximum atomic E-state index is 12.6. The molecule has 0 atom stereocenters. The Morgan fingerprint density at radius 1 is 1.36 bits per heavy atom. The molecule has 1 aromatic carbocycles. The molecule has 1 aliphatic rings. The summed E-state index contributed by atoms with van der Waals surface area (Å²) in [6, 6.07) is 4.51. The summed E-state index contributed by atoms with van der Waals surface area (Å²) >= 11 is 0. The molecular weight excluding hydrogens is 284 g/mol. The maximum absolute atomic E-state index is 12.6. The van der Waals surface area contributed by atoms with Gasteiger partial charge < -0.3 is 10.0 Å². The zero-order valence-electron chi connectivity index (χ0n) is 13.0. The molecule has 0 saturated heterocycles. The van der Waals surface area contributed by atoms with Crippen molar-refractivity contribution in [3.8, 4) is 0 Å². The smallest absolute Gasteiger partial charge is 0.269 e. The van der Waals surface area contributed by atoms with E-state index in [2.05, 4.69) is 0 Å². The molecule has 0 aromatic heterocycles. The van der Waals surface area contributed by atoms with Crippen molar-refractivity contribution >= 4 is 11.6 Å². The third kappa shape index (κ3) is 3.44. The number of carbonyl (C=O) groups is 1. The molecule has 0 bridgehead atoms. The standard InChI is InChI=1S/C16H22N2O4/c1-11-9-14(18(21)22)7-8-15(11)16(20)17(2)13-5-3-12(10-19)4-6-13/h7-9,12-13,19H,3-6,10H2,1-2H3. The Morgan fingerprint density at radius 2 is 2.00 bits per heavy atom. The van der Waals surface area contributed by atoms with Gasteiger partial charge in [0.25, 0.3) is 11.6 Å². The van der Waals surface area contributed by atoms with E-state index in [0.717, 1.165) is 25.7 Å². The maximum Gasteiger partial charge on any atom is 0.269 e. The summed E-state index contributed by atoms with van der Waals surface area (Å²) < 4.78 is 0. The van der Waals surface area contributed by atoms with Crippen LogP contribution in [-0.2, 0) is 0 Å². The number of amides is 1. The van der Waals surface area contributed by atoms with Gasteiger partial charge in [-0.1, -0.05) is 0 Å². The molecule has 1 aliphatic carbocycles.